The number of hydrogen-bond acceptors (Lipinski definition) is 2. The third-order valence-electron chi connectivity index (χ3n) is 2.96. The zero-order valence-electron chi connectivity index (χ0n) is 13.4. The summed E-state index contributed by atoms with van der Waals surface area (Å²) >= 11 is 0. The summed E-state index contributed by atoms with van der Waals surface area (Å²) in [5, 5.41) is 7.57. The van der Waals surface area contributed by atoms with E-state index in [0.717, 1.165) is 0 Å². The van der Waals surface area contributed by atoms with Gasteiger partial charge in [0, 0.05) is 6.61 Å². The summed E-state index contributed by atoms with van der Waals surface area (Å²) in [5.41, 5.74) is 0. The van der Waals surface area contributed by atoms with Gasteiger partial charge >= 0.3 is 0 Å². The summed E-state index contributed by atoms with van der Waals surface area (Å²) < 4.78 is 0. The average molecular weight is 259 g/mol. The maximum absolute atomic E-state index is 7.57. The van der Waals surface area contributed by atoms with Crippen LogP contribution in [0.15, 0.2) is 0 Å². The van der Waals surface area contributed by atoms with Gasteiger partial charge in [0.1, 0.15) is 0 Å². The highest BCUT2D eigenvalue weighted by Crippen LogP contribution is 2.10. The number of nitrogens with zero attached hydrogens (tertiary/aromatic N) is 1. The van der Waals surface area contributed by atoms with Gasteiger partial charge in [-0.25, -0.2) is 0 Å². The average Bonchev–Trinajstić information content (AvgIpc) is 2.32. The Labute approximate surface area is 116 Å². The van der Waals surface area contributed by atoms with Crippen LogP contribution in [0, 0.1) is 0 Å². The van der Waals surface area contributed by atoms with Crippen molar-refractivity contribution in [2.24, 2.45) is 0 Å². The summed E-state index contributed by atoms with van der Waals surface area (Å²) in [6.07, 6.45) is 14.4. The Morgan fingerprint density at radius 1 is 0.667 bits per heavy atom. The fourth-order valence-corrected chi connectivity index (χ4v) is 1.92. The minimum absolute atomic E-state index is 0.250. The molecule has 0 fully saturated rings. The molecule has 0 unspecified atom stereocenters. The van der Waals surface area contributed by atoms with Crippen LogP contribution in [0.4, 0.5) is 0 Å². The van der Waals surface area contributed by atoms with Crippen molar-refractivity contribution in [2.75, 3.05) is 27.2 Å². The molecule has 0 spiro atoms. The monoisotopic (exact) mass is 259 g/mol. The summed E-state index contributed by atoms with van der Waals surface area (Å²) in [5.74, 6) is 0. The van der Waals surface area contributed by atoms with Crippen LogP contribution >= 0.6 is 0 Å². The molecule has 0 atom stereocenters. The Kier molecular flexibility index (Phi) is 21.7. The van der Waals surface area contributed by atoms with E-state index >= 15 is 0 Å². The molecule has 0 saturated carbocycles. The van der Waals surface area contributed by atoms with Gasteiger partial charge in [-0.15, -0.1) is 0 Å². The first kappa shape index (κ1) is 20.2. The molecule has 0 amide bonds. The highest BCUT2D eigenvalue weighted by molar-refractivity contribution is 4.49. The predicted octanol–water partition coefficient (Wildman–Crippen LogP) is 4.47. The van der Waals surface area contributed by atoms with Crippen molar-refractivity contribution >= 4 is 0 Å². The van der Waals surface area contributed by atoms with Crippen molar-refractivity contribution < 1.29 is 5.11 Å². The number of unbranched alkanes of at least 4 members (excludes halogenated alkanes) is 9. The fraction of sp³-hybridized carbons (Fsp3) is 1.00. The first-order valence-electron chi connectivity index (χ1n) is 7.94. The summed E-state index contributed by atoms with van der Waals surface area (Å²) in [6.45, 7) is 5.47. The lowest BCUT2D eigenvalue weighted by Crippen LogP contribution is -2.12. The van der Waals surface area contributed by atoms with Crippen molar-refractivity contribution in [3.05, 3.63) is 0 Å². The smallest absolute Gasteiger partial charge is 0.0402 e. The van der Waals surface area contributed by atoms with Crippen LogP contribution in [0.2, 0.25) is 0 Å². The topological polar surface area (TPSA) is 23.5 Å². The van der Waals surface area contributed by atoms with E-state index in [-0.39, 0.29) is 6.61 Å². The molecular weight excluding hydrogens is 222 g/mol. The lowest BCUT2D eigenvalue weighted by Gasteiger charge is -2.08. The Morgan fingerprint density at radius 3 is 1.33 bits per heavy atom. The predicted molar refractivity (Wildman–Crippen MR) is 83.2 cm³/mol. The van der Waals surface area contributed by atoms with Crippen LogP contribution < -0.4 is 0 Å². The van der Waals surface area contributed by atoms with Gasteiger partial charge in [-0.3, -0.25) is 0 Å². The summed E-state index contributed by atoms with van der Waals surface area (Å²) in [7, 11) is 4.32. The zero-order chi connectivity index (χ0) is 14.1. The molecule has 2 heteroatoms. The molecule has 0 saturated heterocycles. The second-order valence-electron chi connectivity index (χ2n) is 5.30. The number of hydrogen-bond donors (Lipinski definition) is 1. The van der Waals surface area contributed by atoms with E-state index in [9.17, 15) is 0 Å². The van der Waals surface area contributed by atoms with Crippen LogP contribution in [-0.4, -0.2) is 37.3 Å². The van der Waals surface area contributed by atoms with Crippen LogP contribution in [0.1, 0.15) is 78.1 Å². The minimum Gasteiger partial charge on any atom is -0.397 e. The van der Waals surface area contributed by atoms with E-state index in [1.807, 2.05) is 0 Å². The number of aliphatic hydroxyl groups excluding tert-OH is 1. The van der Waals surface area contributed by atoms with Gasteiger partial charge in [0.05, 0.1) is 0 Å². The molecule has 0 aliphatic carbocycles. The molecule has 112 valence electrons. The van der Waals surface area contributed by atoms with Crippen LogP contribution in [-0.2, 0) is 0 Å². The highest BCUT2D eigenvalue weighted by atomic mass is 16.2. The molecule has 18 heavy (non-hydrogen) atoms. The lowest BCUT2D eigenvalue weighted by atomic mass is 10.1. The third-order valence-corrected chi connectivity index (χ3v) is 2.96. The molecule has 0 bridgehead atoms. The maximum atomic E-state index is 7.57. The van der Waals surface area contributed by atoms with Crippen LogP contribution in [0.3, 0.4) is 0 Å². The highest BCUT2D eigenvalue weighted by Gasteiger charge is 1.93. The molecule has 2 nitrogen and oxygen atoms in total. The molecule has 0 aromatic rings. The second kappa shape index (κ2) is 19.3. The van der Waals surface area contributed by atoms with E-state index in [0.29, 0.717) is 0 Å². The maximum Gasteiger partial charge on any atom is 0.0402 e. The standard InChI is InChI=1S/C14H31N.C2H6O/c1-4-5-6-7-8-9-10-11-12-13-14-15(2)3;1-2-3/h4-14H2,1-3H3;3H,2H2,1H3. The zero-order valence-corrected chi connectivity index (χ0v) is 13.4. The Morgan fingerprint density at radius 2 is 1.00 bits per heavy atom. The fourth-order valence-electron chi connectivity index (χ4n) is 1.92. The van der Waals surface area contributed by atoms with Crippen molar-refractivity contribution in [2.45, 2.75) is 78.1 Å². The molecule has 0 aliphatic rings. The largest absolute Gasteiger partial charge is 0.397 e. The van der Waals surface area contributed by atoms with Gasteiger partial charge in [-0.2, -0.15) is 0 Å². The van der Waals surface area contributed by atoms with Gasteiger partial charge in [-0.05, 0) is 34.0 Å². The van der Waals surface area contributed by atoms with Crippen LogP contribution in [0.25, 0.3) is 0 Å². The number of rotatable bonds is 11. The van der Waals surface area contributed by atoms with E-state index in [2.05, 4.69) is 25.9 Å². The Bertz CT molecular complexity index is 126. The van der Waals surface area contributed by atoms with E-state index < -0.39 is 0 Å². The van der Waals surface area contributed by atoms with E-state index in [4.69, 9.17) is 5.11 Å². The van der Waals surface area contributed by atoms with Gasteiger partial charge in [0.2, 0.25) is 0 Å². The van der Waals surface area contributed by atoms with Crippen molar-refractivity contribution in [3.8, 4) is 0 Å². The Balaban J connectivity index is 0. The van der Waals surface area contributed by atoms with Crippen molar-refractivity contribution in [1.29, 1.82) is 0 Å². The normalized spacial score (nSPS) is 10.3. The first-order chi connectivity index (χ1) is 8.68. The molecular formula is C16H37NO. The first-order valence-corrected chi connectivity index (χ1v) is 7.94. The second-order valence-corrected chi connectivity index (χ2v) is 5.30. The quantitative estimate of drug-likeness (QED) is 0.553. The molecule has 0 aliphatic heterocycles. The minimum atomic E-state index is 0.250. The number of aliphatic hydroxyl groups is 1. The van der Waals surface area contributed by atoms with Gasteiger partial charge in [0.15, 0.2) is 0 Å². The SMILES string of the molecule is CCCCCCCCCCCCN(C)C.CCO. The van der Waals surface area contributed by atoms with Crippen molar-refractivity contribution in [3.63, 3.8) is 0 Å². The van der Waals surface area contributed by atoms with E-state index in [1.54, 1.807) is 6.92 Å². The summed E-state index contributed by atoms with van der Waals surface area (Å²) in [6, 6.07) is 0. The van der Waals surface area contributed by atoms with Crippen LogP contribution in [0.5, 0.6) is 0 Å². The van der Waals surface area contributed by atoms with Gasteiger partial charge in [0.25, 0.3) is 0 Å². The molecule has 1 N–H and O–H groups in total. The molecule has 0 radical (unpaired) electrons. The van der Waals surface area contributed by atoms with Gasteiger partial charge in [-0.1, -0.05) is 64.7 Å². The molecule has 0 aromatic heterocycles. The molecule has 0 rings (SSSR count). The van der Waals surface area contributed by atoms with Gasteiger partial charge < -0.3 is 10.0 Å². The molecule has 0 heterocycles. The molecule has 0 aromatic carbocycles. The van der Waals surface area contributed by atoms with Crippen molar-refractivity contribution in [1.82, 2.24) is 4.90 Å². The Hall–Kier alpha value is -0.0800. The lowest BCUT2D eigenvalue weighted by molar-refractivity contribution is 0.318. The third kappa shape index (κ3) is 24.9. The summed E-state index contributed by atoms with van der Waals surface area (Å²) in [4.78, 5) is 2.28. The van der Waals surface area contributed by atoms with E-state index in [1.165, 1.54) is 70.8 Å².